The van der Waals surface area contributed by atoms with Gasteiger partial charge in [-0.15, -0.1) is 0 Å². The minimum Gasteiger partial charge on any atom is -0.383 e. The van der Waals surface area contributed by atoms with Crippen molar-refractivity contribution >= 4 is 0 Å². The van der Waals surface area contributed by atoms with Crippen molar-refractivity contribution in [3.05, 3.63) is 0 Å². The first kappa shape index (κ1) is 14.0. The summed E-state index contributed by atoms with van der Waals surface area (Å²) in [7, 11) is 1.76. The molecule has 0 aromatic heterocycles. The summed E-state index contributed by atoms with van der Waals surface area (Å²) in [6, 6.07) is 0. The number of ether oxygens (including phenoxy) is 1. The second-order valence-corrected chi connectivity index (χ2v) is 6.03. The van der Waals surface area contributed by atoms with Gasteiger partial charge in [-0.2, -0.15) is 0 Å². The zero-order valence-electron chi connectivity index (χ0n) is 11.5. The lowest BCUT2D eigenvalue weighted by Gasteiger charge is -2.31. The van der Waals surface area contributed by atoms with E-state index in [0.717, 1.165) is 31.5 Å². The highest BCUT2D eigenvalue weighted by atomic mass is 16.5. The summed E-state index contributed by atoms with van der Waals surface area (Å²) in [5.74, 6) is 1.80. The molecule has 1 aliphatic rings. The Morgan fingerprint density at radius 2 is 2.06 bits per heavy atom. The Labute approximate surface area is 101 Å². The third-order valence-electron chi connectivity index (χ3n) is 3.87. The maximum absolute atomic E-state index is 5.07. The molecule has 0 aromatic rings. The van der Waals surface area contributed by atoms with Crippen molar-refractivity contribution in [1.82, 2.24) is 5.32 Å². The van der Waals surface area contributed by atoms with Crippen LogP contribution in [0.1, 0.15) is 46.5 Å². The molecule has 0 spiro atoms. The second kappa shape index (κ2) is 6.61. The fourth-order valence-corrected chi connectivity index (χ4v) is 2.38. The number of hydrogen-bond acceptors (Lipinski definition) is 2. The zero-order valence-corrected chi connectivity index (χ0v) is 11.5. The van der Waals surface area contributed by atoms with Gasteiger partial charge in [0.05, 0.1) is 6.61 Å². The van der Waals surface area contributed by atoms with E-state index >= 15 is 0 Å². The summed E-state index contributed by atoms with van der Waals surface area (Å²) in [5.41, 5.74) is 0.526. The van der Waals surface area contributed by atoms with Crippen LogP contribution in [0.3, 0.4) is 0 Å². The van der Waals surface area contributed by atoms with Gasteiger partial charge in [-0.3, -0.25) is 0 Å². The van der Waals surface area contributed by atoms with E-state index in [-0.39, 0.29) is 0 Å². The molecule has 1 N–H and O–H groups in total. The van der Waals surface area contributed by atoms with Crippen LogP contribution in [0, 0.1) is 17.3 Å². The van der Waals surface area contributed by atoms with Gasteiger partial charge in [0.15, 0.2) is 0 Å². The molecule has 0 bridgehead atoms. The highest BCUT2D eigenvalue weighted by molar-refractivity contribution is 4.92. The standard InChI is InChI=1S/C14H29NO/c1-12(2)7-8-14(3,13-5-6-13)11-15-9-10-16-4/h12-13,15H,5-11H2,1-4H3. The third kappa shape index (κ3) is 4.84. The van der Waals surface area contributed by atoms with Crippen LogP contribution >= 0.6 is 0 Å². The average molecular weight is 227 g/mol. The number of rotatable bonds is 9. The van der Waals surface area contributed by atoms with E-state index in [0.29, 0.717) is 5.41 Å². The molecule has 0 aromatic carbocycles. The minimum absolute atomic E-state index is 0.526. The second-order valence-electron chi connectivity index (χ2n) is 6.03. The fraction of sp³-hybridized carbons (Fsp3) is 1.00. The molecular weight excluding hydrogens is 198 g/mol. The molecule has 16 heavy (non-hydrogen) atoms. The monoisotopic (exact) mass is 227 g/mol. The first-order valence-electron chi connectivity index (χ1n) is 6.78. The topological polar surface area (TPSA) is 21.3 Å². The van der Waals surface area contributed by atoms with Crippen LogP contribution in [-0.4, -0.2) is 26.8 Å². The van der Waals surface area contributed by atoms with Crippen molar-refractivity contribution in [3.8, 4) is 0 Å². The van der Waals surface area contributed by atoms with Gasteiger partial charge in [0.25, 0.3) is 0 Å². The van der Waals surface area contributed by atoms with Crippen molar-refractivity contribution < 1.29 is 4.74 Å². The van der Waals surface area contributed by atoms with Gasteiger partial charge in [-0.25, -0.2) is 0 Å². The molecule has 0 radical (unpaired) electrons. The van der Waals surface area contributed by atoms with Crippen LogP contribution in [0.2, 0.25) is 0 Å². The molecule has 2 nitrogen and oxygen atoms in total. The summed E-state index contributed by atoms with van der Waals surface area (Å²) < 4.78 is 5.07. The van der Waals surface area contributed by atoms with E-state index in [1.807, 2.05) is 0 Å². The smallest absolute Gasteiger partial charge is 0.0587 e. The molecule has 1 unspecified atom stereocenters. The Morgan fingerprint density at radius 3 is 2.56 bits per heavy atom. The van der Waals surface area contributed by atoms with E-state index in [1.54, 1.807) is 7.11 Å². The lowest BCUT2D eigenvalue weighted by molar-refractivity contribution is 0.180. The zero-order chi connectivity index (χ0) is 12.0. The van der Waals surface area contributed by atoms with Crippen molar-refractivity contribution in [3.63, 3.8) is 0 Å². The van der Waals surface area contributed by atoms with Gasteiger partial charge in [-0.1, -0.05) is 27.2 Å². The quantitative estimate of drug-likeness (QED) is 0.611. The van der Waals surface area contributed by atoms with Crippen LogP contribution in [-0.2, 0) is 4.74 Å². The summed E-state index contributed by atoms with van der Waals surface area (Å²) in [5, 5.41) is 3.55. The van der Waals surface area contributed by atoms with E-state index < -0.39 is 0 Å². The van der Waals surface area contributed by atoms with Crippen molar-refractivity contribution in [1.29, 1.82) is 0 Å². The fourth-order valence-electron chi connectivity index (χ4n) is 2.38. The van der Waals surface area contributed by atoms with Gasteiger partial charge >= 0.3 is 0 Å². The number of methoxy groups -OCH3 is 1. The van der Waals surface area contributed by atoms with Crippen molar-refractivity contribution in [2.75, 3.05) is 26.8 Å². The Balaban J connectivity index is 2.27. The van der Waals surface area contributed by atoms with Crippen LogP contribution in [0.4, 0.5) is 0 Å². The van der Waals surface area contributed by atoms with Gasteiger partial charge in [0.1, 0.15) is 0 Å². The summed E-state index contributed by atoms with van der Waals surface area (Å²) >= 11 is 0. The normalized spacial score (nSPS) is 20.1. The molecule has 1 rings (SSSR count). The summed E-state index contributed by atoms with van der Waals surface area (Å²) in [6.07, 6.45) is 5.62. The van der Waals surface area contributed by atoms with Crippen LogP contribution in [0.25, 0.3) is 0 Å². The molecule has 1 saturated carbocycles. The highest BCUT2D eigenvalue weighted by Crippen LogP contribution is 2.48. The molecule has 0 amide bonds. The average Bonchev–Trinajstić information content (AvgIpc) is 3.05. The lowest BCUT2D eigenvalue weighted by atomic mass is 9.78. The maximum Gasteiger partial charge on any atom is 0.0587 e. The van der Waals surface area contributed by atoms with E-state index in [2.05, 4.69) is 26.1 Å². The molecule has 1 atom stereocenters. The van der Waals surface area contributed by atoms with E-state index in [1.165, 1.54) is 25.7 Å². The first-order valence-corrected chi connectivity index (χ1v) is 6.78. The lowest BCUT2D eigenvalue weighted by Crippen LogP contribution is -2.35. The first-order chi connectivity index (χ1) is 7.58. The molecule has 0 aliphatic heterocycles. The van der Waals surface area contributed by atoms with E-state index in [4.69, 9.17) is 4.74 Å². The molecular formula is C14H29NO. The Morgan fingerprint density at radius 1 is 1.38 bits per heavy atom. The highest BCUT2D eigenvalue weighted by Gasteiger charge is 2.40. The van der Waals surface area contributed by atoms with Crippen LogP contribution in [0.5, 0.6) is 0 Å². The molecule has 96 valence electrons. The molecule has 0 saturated heterocycles. The summed E-state index contributed by atoms with van der Waals surface area (Å²) in [4.78, 5) is 0. The molecule has 2 heteroatoms. The van der Waals surface area contributed by atoms with Crippen LogP contribution in [0.15, 0.2) is 0 Å². The molecule has 1 aliphatic carbocycles. The predicted octanol–water partition coefficient (Wildman–Crippen LogP) is 3.07. The van der Waals surface area contributed by atoms with Gasteiger partial charge in [0.2, 0.25) is 0 Å². The predicted molar refractivity (Wildman–Crippen MR) is 69.6 cm³/mol. The number of nitrogens with one attached hydrogen (secondary N) is 1. The largest absolute Gasteiger partial charge is 0.383 e. The SMILES string of the molecule is COCCNCC(C)(CCC(C)C)C1CC1. The Bertz CT molecular complexity index is 189. The number of hydrogen-bond donors (Lipinski definition) is 1. The minimum atomic E-state index is 0.526. The molecule has 0 heterocycles. The maximum atomic E-state index is 5.07. The Kier molecular flexibility index (Phi) is 5.77. The van der Waals surface area contributed by atoms with Gasteiger partial charge in [-0.05, 0) is 36.5 Å². The Hall–Kier alpha value is -0.0800. The van der Waals surface area contributed by atoms with Crippen molar-refractivity contribution in [2.24, 2.45) is 17.3 Å². The third-order valence-corrected chi connectivity index (χ3v) is 3.87. The van der Waals surface area contributed by atoms with Crippen LogP contribution < -0.4 is 5.32 Å². The van der Waals surface area contributed by atoms with Crippen molar-refractivity contribution in [2.45, 2.75) is 46.5 Å². The summed E-state index contributed by atoms with van der Waals surface area (Å²) in [6.45, 7) is 10.1. The van der Waals surface area contributed by atoms with E-state index in [9.17, 15) is 0 Å². The van der Waals surface area contributed by atoms with Gasteiger partial charge in [0, 0.05) is 20.2 Å². The molecule has 1 fully saturated rings. The van der Waals surface area contributed by atoms with Gasteiger partial charge < -0.3 is 10.1 Å².